The van der Waals surface area contributed by atoms with Gasteiger partial charge in [0.1, 0.15) is 12.2 Å². The van der Waals surface area contributed by atoms with Crippen LogP contribution >= 0.6 is 0 Å². The number of nitrogens with one attached hydrogen (secondary N) is 1. The van der Waals surface area contributed by atoms with Crippen LogP contribution in [0.4, 0.5) is 11.4 Å². The number of methoxy groups -OCH3 is 1. The number of anilines is 1. The first-order valence-corrected chi connectivity index (χ1v) is 7.15. The molecule has 0 aliphatic carbocycles. The predicted octanol–water partition coefficient (Wildman–Crippen LogP) is 0.430. The minimum Gasteiger partial charge on any atom is -0.468 e. The van der Waals surface area contributed by atoms with E-state index in [2.05, 4.69) is 10.1 Å². The summed E-state index contributed by atoms with van der Waals surface area (Å²) in [7, 11) is 0.0575. The van der Waals surface area contributed by atoms with E-state index in [1.165, 1.54) is 33.3 Å². The SMILES string of the molecule is COC(=O)CNc1ccc(S(=O)(=O)N(C)C)cc1[N+](=O)[O-]. The number of carbonyl (C=O) groups is 1. The maximum atomic E-state index is 11.9. The highest BCUT2D eigenvalue weighted by Crippen LogP contribution is 2.28. The van der Waals surface area contributed by atoms with Crippen LogP contribution in [0.1, 0.15) is 0 Å². The number of esters is 1. The van der Waals surface area contributed by atoms with E-state index in [9.17, 15) is 23.3 Å². The second-order valence-corrected chi connectivity index (χ2v) is 6.31. The lowest BCUT2D eigenvalue weighted by molar-refractivity contribution is -0.384. The fourth-order valence-electron chi connectivity index (χ4n) is 1.42. The second kappa shape index (κ2) is 6.50. The smallest absolute Gasteiger partial charge is 0.325 e. The van der Waals surface area contributed by atoms with Crippen LogP contribution in [0.25, 0.3) is 0 Å². The van der Waals surface area contributed by atoms with Crippen molar-refractivity contribution in [3.8, 4) is 0 Å². The first kappa shape index (κ1) is 16.9. The molecule has 10 heteroatoms. The molecule has 0 fully saturated rings. The summed E-state index contributed by atoms with van der Waals surface area (Å²) in [5, 5.41) is 13.6. The molecular formula is C11H15N3O6S. The van der Waals surface area contributed by atoms with Crippen LogP contribution < -0.4 is 5.32 Å². The van der Waals surface area contributed by atoms with Crippen LogP contribution in [-0.2, 0) is 19.6 Å². The molecule has 0 unspecified atom stereocenters. The number of sulfonamides is 1. The molecule has 1 N–H and O–H groups in total. The highest BCUT2D eigenvalue weighted by molar-refractivity contribution is 7.89. The number of carbonyl (C=O) groups excluding carboxylic acids is 1. The van der Waals surface area contributed by atoms with Crippen molar-refractivity contribution in [3.05, 3.63) is 28.3 Å². The number of hydrogen-bond acceptors (Lipinski definition) is 7. The molecule has 0 aliphatic rings. The average Bonchev–Trinajstić information content (AvgIpc) is 2.43. The van der Waals surface area contributed by atoms with Crippen molar-refractivity contribution < 1.29 is 22.9 Å². The Morgan fingerprint density at radius 2 is 2.05 bits per heavy atom. The summed E-state index contributed by atoms with van der Waals surface area (Å²) in [4.78, 5) is 21.1. The Kier molecular flexibility index (Phi) is 5.22. The van der Waals surface area contributed by atoms with E-state index < -0.39 is 26.6 Å². The van der Waals surface area contributed by atoms with Crippen LogP contribution in [0.2, 0.25) is 0 Å². The zero-order valence-corrected chi connectivity index (χ0v) is 12.5. The zero-order chi connectivity index (χ0) is 16.2. The first-order valence-electron chi connectivity index (χ1n) is 5.71. The van der Waals surface area contributed by atoms with Crippen molar-refractivity contribution in [1.82, 2.24) is 4.31 Å². The Labute approximate surface area is 121 Å². The number of rotatable bonds is 6. The average molecular weight is 317 g/mol. The molecule has 1 aromatic carbocycles. The lowest BCUT2D eigenvalue weighted by atomic mass is 10.2. The molecule has 0 saturated carbocycles. The van der Waals surface area contributed by atoms with Gasteiger partial charge in [0.15, 0.2) is 0 Å². The minimum absolute atomic E-state index is 0.0307. The van der Waals surface area contributed by atoms with E-state index >= 15 is 0 Å². The quantitative estimate of drug-likeness (QED) is 0.459. The molecule has 21 heavy (non-hydrogen) atoms. The summed E-state index contributed by atoms with van der Waals surface area (Å²) in [6.07, 6.45) is 0. The molecule has 116 valence electrons. The number of hydrogen-bond donors (Lipinski definition) is 1. The van der Waals surface area contributed by atoms with Gasteiger partial charge in [0, 0.05) is 20.2 Å². The Balaban J connectivity index is 3.20. The molecule has 0 aliphatic heterocycles. The van der Waals surface area contributed by atoms with Gasteiger partial charge in [-0.3, -0.25) is 14.9 Å². The third-order valence-corrected chi connectivity index (χ3v) is 4.41. The van der Waals surface area contributed by atoms with Gasteiger partial charge in [-0.1, -0.05) is 0 Å². The summed E-state index contributed by atoms with van der Waals surface area (Å²) in [6, 6.07) is 3.40. The van der Waals surface area contributed by atoms with E-state index in [1.807, 2.05) is 0 Å². The van der Waals surface area contributed by atoms with Gasteiger partial charge in [-0.2, -0.15) is 0 Å². The van der Waals surface area contributed by atoms with Gasteiger partial charge >= 0.3 is 5.97 Å². The van der Waals surface area contributed by atoms with E-state index in [0.717, 1.165) is 10.4 Å². The Hall–Kier alpha value is -2.20. The molecule has 0 saturated heterocycles. The molecule has 0 bridgehead atoms. The lowest BCUT2D eigenvalue weighted by Crippen LogP contribution is -2.22. The molecule has 0 heterocycles. The maximum absolute atomic E-state index is 11.9. The number of nitro benzene ring substituents is 1. The molecule has 0 spiro atoms. The molecule has 1 aromatic rings. The molecule has 0 aromatic heterocycles. The number of nitrogens with zero attached hydrogens (tertiary/aromatic N) is 2. The minimum atomic E-state index is -3.78. The van der Waals surface area contributed by atoms with Gasteiger partial charge in [0.2, 0.25) is 10.0 Å². The molecular weight excluding hydrogens is 302 g/mol. The zero-order valence-electron chi connectivity index (χ0n) is 11.7. The summed E-state index contributed by atoms with van der Waals surface area (Å²) in [6.45, 7) is -0.267. The highest BCUT2D eigenvalue weighted by atomic mass is 32.2. The molecule has 0 atom stereocenters. The van der Waals surface area contributed by atoms with Gasteiger partial charge in [-0.05, 0) is 12.1 Å². The lowest BCUT2D eigenvalue weighted by Gasteiger charge is -2.12. The van der Waals surface area contributed by atoms with Crippen LogP contribution in [0.3, 0.4) is 0 Å². The Bertz CT molecular complexity index is 656. The normalized spacial score (nSPS) is 11.2. The second-order valence-electron chi connectivity index (χ2n) is 4.15. The molecule has 0 amide bonds. The first-order chi connectivity index (χ1) is 9.70. The third kappa shape index (κ3) is 3.89. The van der Waals surface area contributed by atoms with Gasteiger partial charge < -0.3 is 10.1 Å². The Morgan fingerprint density at radius 3 is 2.52 bits per heavy atom. The van der Waals surface area contributed by atoms with Crippen molar-refractivity contribution in [2.75, 3.05) is 33.1 Å². The van der Waals surface area contributed by atoms with Gasteiger partial charge in [0.05, 0.1) is 16.9 Å². The van der Waals surface area contributed by atoms with Gasteiger partial charge in [-0.25, -0.2) is 12.7 Å². The van der Waals surface area contributed by atoms with Gasteiger partial charge in [0.25, 0.3) is 5.69 Å². The van der Waals surface area contributed by atoms with Crippen LogP contribution in [-0.4, -0.2) is 51.4 Å². The van der Waals surface area contributed by atoms with Gasteiger partial charge in [-0.15, -0.1) is 0 Å². The summed E-state index contributed by atoms with van der Waals surface area (Å²) >= 11 is 0. The molecule has 0 radical (unpaired) electrons. The number of ether oxygens (including phenoxy) is 1. The highest BCUT2D eigenvalue weighted by Gasteiger charge is 2.23. The topological polar surface area (TPSA) is 119 Å². The van der Waals surface area contributed by atoms with Crippen LogP contribution in [0, 0.1) is 10.1 Å². The van der Waals surface area contributed by atoms with Crippen molar-refractivity contribution in [3.63, 3.8) is 0 Å². The van der Waals surface area contributed by atoms with E-state index in [1.54, 1.807) is 0 Å². The van der Waals surface area contributed by atoms with Crippen molar-refractivity contribution in [2.24, 2.45) is 0 Å². The van der Waals surface area contributed by atoms with E-state index in [-0.39, 0.29) is 17.1 Å². The summed E-state index contributed by atoms with van der Waals surface area (Å²) in [5.41, 5.74) is -0.412. The van der Waals surface area contributed by atoms with Crippen LogP contribution in [0.15, 0.2) is 23.1 Å². The summed E-state index contributed by atoms with van der Waals surface area (Å²) < 4.78 is 29.2. The monoisotopic (exact) mass is 317 g/mol. The number of benzene rings is 1. The van der Waals surface area contributed by atoms with E-state index in [0.29, 0.717) is 0 Å². The van der Waals surface area contributed by atoms with Crippen molar-refractivity contribution in [2.45, 2.75) is 4.90 Å². The standard InChI is InChI=1S/C11H15N3O6S/c1-13(2)21(18,19)8-4-5-9(10(6-8)14(16)17)12-7-11(15)20-3/h4-6,12H,7H2,1-3H3. The van der Waals surface area contributed by atoms with Crippen molar-refractivity contribution in [1.29, 1.82) is 0 Å². The summed E-state index contributed by atoms with van der Waals surface area (Å²) in [5.74, 6) is -0.603. The molecule has 9 nitrogen and oxygen atoms in total. The maximum Gasteiger partial charge on any atom is 0.325 e. The largest absolute Gasteiger partial charge is 0.468 e. The van der Waals surface area contributed by atoms with Crippen molar-refractivity contribution >= 4 is 27.4 Å². The fraction of sp³-hybridized carbons (Fsp3) is 0.364. The Morgan fingerprint density at radius 1 is 1.43 bits per heavy atom. The van der Waals surface area contributed by atoms with Crippen LogP contribution in [0.5, 0.6) is 0 Å². The number of nitro groups is 1. The third-order valence-electron chi connectivity index (χ3n) is 2.60. The fourth-order valence-corrected chi connectivity index (χ4v) is 2.35. The van der Waals surface area contributed by atoms with E-state index in [4.69, 9.17) is 0 Å². The molecule has 1 rings (SSSR count). The predicted molar refractivity (Wildman–Crippen MR) is 74.5 cm³/mol.